The number of ether oxygens (including phenoxy) is 1. The second-order valence-corrected chi connectivity index (χ2v) is 4.78. The van der Waals surface area contributed by atoms with E-state index in [-0.39, 0.29) is 5.69 Å². The van der Waals surface area contributed by atoms with Gasteiger partial charge < -0.3 is 15.4 Å². The molecule has 1 aromatic carbocycles. The van der Waals surface area contributed by atoms with Gasteiger partial charge in [-0.25, -0.2) is 8.78 Å². The van der Waals surface area contributed by atoms with E-state index in [0.717, 1.165) is 25.5 Å². The molecule has 2 rings (SSSR count). The molecular formula is C13H18F2N2O. The van der Waals surface area contributed by atoms with Crippen molar-refractivity contribution < 1.29 is 13.5 Å². The summed E-state index contributed by atoms with van der Waals surface area (Å²) in [6.45, 7) is 2.19. The highest BCUT2D eigenvalue weighted by Crippen LogP contribution is 2.28. The summed E-state index contributed by atoms with van der Waals surface area (Å²) >= 11 is 0. The maximum absolute atomic E-state index is 13.4. The fraction of sp³-hybridized carbons (Fsp3) is 0.538. The number of halogens is 2. The van der Waals surface area contributed by atoms with E-state index in [9.17, 15) is 8.78 Å². The number of hydrogen-bond acceptors (Lipinski definition) is 3. The minimum atomic E-state index is -0.711. The van der Waals surface area contributed by atoms with E-state index in [1.165, 1.54) is 6.07 Å². The molecule has 1 aliphatic heterocycles. The van der Waals surface area contributed by atoms with Gasteiger partial charge in [0.25, 0.3) is 0 Å². The average Bonchev–Trinajstić information content (AvgIpc) is 2.35. The van der Waals surface area contributed by atoms with Crippen molar-refractivity contribution >= 4 is 11.4 Å². The molecule has 2 N–H and O–H groups in total. The molecule has 3 nitrogen and oxygen atoms in total. The molecule has 0 aliphatic carbocycles. The molecule has 0 amide bonds. The van der Waals surface area contributed by atoms with E-state index in [1.807, 2.05) is 0 Å². The quantitative estimate of drug-likeness (QED) is 0.844. The monoisotopic (exact) mass is 256 g/mol. The first-order chi connectivity index (χ1) is 8.58. The number of nitrogen functional groups attached to an aromatic ring is 1. The van der Waals surface area contributed by atoms with E-state index < -0.39 is 11.6 Å². The van der Waals surface area contributed by atoms with Crippen LogP contribution in [0.25, 0.3) is 0 Å². The Morgan fingerprint density at radius 2 is 2.22 bits per heavy atom. The summed E-state index contributed by atoms with van der Waals surface area (Å²) in [5.41, 5.74) is 6.04. The Bertz CT molecular complexity index is 420. The molecule has 0 aromatic heterocycles. The Balaban J connectivity index is 2.10. The second kappa shape index (κ2) is 5.52. The van der Waals surface area contributed by atoms with E-state index in [1.54, 1.807) is 11.9 Å². The highest BCUT2D eigenvalue weighted by Gasteiger charge is 2.18. The van der Waals surface area contributed by atoms with Crippen LogP contribution in [-0.4, -0.2) is 26.8 Å². The van der Waals surface area contributed by atoms with Gasteiger partial charge in [-0.3, -0.25) is 0 Å². The van der Waals surface area contributed by atoms with Crippen LogP contribution in [0.4, 0.5) is 20.2 Å². The largest absolute Gasteiger partial charge is 0.395 e. The topological polar surface area (TPSA) is 38.5 Å². The van der Waals surface area contributed by atoms with Crippen molar-refractivity contribution in [3.63, 3.8) is 0 Å². The number of anilines is 2. The van der Waals surface area contributed by atoms with Gasteiger partial charge in [0.15, 0.2) is 5.82 Å². The lowest BCUT2D eigenvalue weighted by atomic mass is 10.0. The van der Waals surface area contributed by atoms with Crippen molar-refractivity contribution in [1.29, 1.82) is 0 Å². The molecule has 0 spiro atoms. The van der Waals surface area contributed by atoms with Crippen LogP contribution in [0.5, 0.6) is 0 Å². The number of benzene rings is 1. The molecular weight excluding hydrogens is 238 g/mol. The summed E-state index contributed by atoms with van der Waals surface area (Å²) in [5, 5.41) is 0. The lowest BCUT2D eigenvalue weighted by Gasteiger charge is -2.29. The van der Waals surface area contributed by atoms with Crippen molar-refractivity contribution in [3.05, 3.63) is 23.8 Å². The first-order valence-corrected chi connectivity index (χ1v) is 6.11. The standard InChI is InChI=1S/C13H18F2N2O/c1-17(7-9-3-2-4-18-8-9)12-6-10(14)5-11(15)13(12)16/h5-6,9H,2-4,7-8,16H2,1H3. The van der Waals surface area contributed by atoms with Gasteiger partial charge in [0.05, 0.1) is 18.0 Å². The highest BCUT2D eigenvalue weighted by atomic mass is 19.1. The zero-order valence-electron chi connectivity index (χ0n) is 10.5. The van der Waals surface area contributed by atoms with Crippen molar-refractivity contribution in [2.75, 3.05) is 37.4 Å². The molecule has 0 radical (unpaired) electrons. The van der Waals surface area contributed by atoms with E-state index >= 15 is 0 Å². The predicted octanol–water partition coefficient (Wildman–Crippen LogP) is 2.41. The molecule has 1 atom stereocenters. The van der Waals surface area contributed by atoms with Gasteiger partial charge in [0.1, 0.15) is 5.82 Å². The highest BCUT2D eigenvalue weighted by molar-refractivity contribution is 5.67. The molecule has 1 fully saturated rings. The SMILES string of the molecule is CN(CC1CCCOC1)c1cc(F)cc(F)c1N. The zero-order chi connectivity index (χ0) is 13.1. The molecule has 0 saturated carbocycles. The molecule has 1 aromatic rings. The molecule has 1 aliphatic rings. The third-order valence-corrected chi connectivity index (χ3v) is 3.27. The molecule has 1 unspecified atom stereocenters. The van der Waals surface area contributed by atoms with E-state index in [0.29, 0.717) is 24.8 Å². The second-order valence-electron chi connectivity index (χ2n) is 4.78. The fourth-order valence-electron chi connectivity index (χ4n) is 2.32. The minimum absolute atomic E-state index is 0.00405. The molecule has 1 saturated heterocycles. The molecule has 18 heavy (non-hydrogen) atoms. The van der Waals surface area contributed by atoms with Crippen LogP contribution < -0.4 is 10.6 Å². The summed E-state index contributed by atoms with van der Waals surface area (Å²) in [4.78, 5) is 1.79. The third kappa shape index (κ3) is 2.90. The normalized spacial score (nSPS) is 19.8. The van der Waals surface area contributed by atoms with Crippen molar-refractivity contribution in [2.45, 2.75) is 12.8 Å². The molecule has 5 heteroatoms. The lowest BCUT2D eigenvalue weighted by molar-refractivity contribution is 0.0576. The fourth-order valence-corrected chi connectivity index (χ4v) is 2.32. The minimum Gasteiger partial charge on any atom is -0.395 e. The van der Waals surface area contributed by atoms with Crippen LogP contribution in [0.15, 0.2) is 12.1 Å². The zero-order valence-corrected chi connectivity index (χ0v) is 10.5. The summed E-state index contributed by atoms with van der Waals surface area (Å²) in [6, 6.07) is 2.07. The maximum atomic E-state index is 13.4. The maximum Gasteiger partial charge on any atom is 0.151 e. The van der Waals surface area contributed by atoms with Gasteiger partial charge in [-0.15, -0.1) is 0 Å². The van der Waals surface area contributed by atoms with E-state index in [2.05, 4.69) is 0 Å². The molecule has 100 valence electrons. The van der Waals surface area contributed by atoms with Crippen molar-refractivity contribution in [3.8, 4) is 0 Å². The first-order valence-electron chi connectivity index (χ1n) is 6.11. The van der Waals surface area contributed by atoms with Crippen LogP contribution in [0.2, 0.25) is 0 Å². The summed E-state index contributed by atoms with van der Waals surface area (Å²) in [6.07, 6.45) is 2.10. The number of rotatable bonds is 3. The van der Waals surface area contributed by atoms with Gasteiger partial charge >= 0.3 is 0 Å². The molecule has 1 heterocycles. The van der Waals surface area contributed by atoms with Gasteiger partial charge in [0.2, 0.25) is 0 Å². The van der Waals surface area contributed by atoms with E-state index in [4.69, 9.17) is 10.5 Å². The Labute approximate surface area is 106 Å². The summed E-state index contributed by atoms with van der Waals surface area (Å²) < 4.78 is 32.0. The smallest absolute Gasteiger partial charge is 0.151 e. The third-order valence-electron chi connectivity index (χ3n) is 3.27. The number of hydrogen-bond donors (Lipinski definition) is 1. The van der Waals surface area contributed by atoms with Crippen LogP contribution in [-0.2, 0) is 4.74 Å². The molecule has 0 bridgehead atoms. The number of nitrogens with zero attached hydrogens (tertiary/aromatic N) is 1. The van der Waals surface area contributed by atoms with Crippen LogP contribution >= 0.6 is 0 Å². The summed E-state index contributed by atoms with van der Waals surface area (Å²) in [5.74, 6) is -0.935. The Morgan fingerprint density at radius 1 is 1.44 bits per heavy atom. The number of nitrogens with two attached hydrogens (primary N) is 1. The average molecular weight is 256 g/mol. The van der Waals surface area contributed by atoms with Crippen LogP contribution in [0, 0.1) is 17.6 Å². The van der Waals surface area contributed by atoms with Crippen molar-refractivity contribution in [2.24, 2.45) is 5.92 Å². The lowest BCUT2D eigenvalue weighted by Crippen LogP contribution is -2.31. The van der Waals surface area contributed by atoms with Gasteiger partial charge in [-0.05, 0) is 24.8 Å². The van der Waals surface area contributed by atoms with Crippen molar-refractivity contribution in [1.82, 2.24) is 0 Å². The van der Waals surface area contributed by atoms with Gasteiger partial charge in [-0.2, -0.15) is 0 Å². The Kier molecular flexibility index (Phi) is 4.01. The first kappa shape index (κ1) is 13.1. The van der Waals surface area contributed by atoms with Crippen LogP contribution in [0.1, 0.15) is 12.8 Å². The van der Waals surface area contributed by atoms with Gasteiger partial charge in [-0.1, -0.05) is 0 Å². The van der Waals surface area contributed by atoms with Gasteiger partial charge in [0, 0.05) is 26.3 Å². The summed E-state index contributed by atoms with van der Waals surface area (Å²) in [7, 11) is 1.79. The Hall–Kier alpha value is -1.36. The van der Waals surface area contributed by atoms with Crippen LogP contribution in [0.3, 0.4) is 0 Å². The predicted molar refractivity (Wildman–Crippen MR) is 67.6 cm³/mol. The Morgan fingerprint density at radius 3 is 2.89 bits per heavy atom.